The van der Waals surface area contributed by atoms with Crippen LogP contribution in [-0.2, 0) is 19.6 Å². The predicted molar refractivity (Wildman–Crippen MR) is 112 cm³/mol. The minimum atomic E-state index is -0.138. The first-order valence-corrected chi connectivity index (χ1v) is 9.10. The maximum absolute atomic E-state index is 12.2. The van der Waals surface area contributed by atoms with Crippen molar-refractivity contribution >= 4 is 30.7 Å². The molecular weight excluding hydrogens is 385 g/mol. The summed E-state index contributed by atoms with van der Waals surface area (Å²) < 4.78 is 5.21. The Kier molecular flexibility index (Phi) is 10.5. The molecule has 0 aliphatic carbocycles. The Labute approximate surface area is 173 Å². The summed E-state index contributed by atoms with van der Waals surface area (Å²) >= 11 is 0. The van der Waals surface area contributed by atoms with E-state index in [1.165, 1.54) is 50.6 Å². The lowest BCUT2D eigenvalue weighted by molar-refractivity contribution is 0.0950. The maximum atomic E-state index is 12.2. The molecule has 1 amide bonds. The number of hydrogen-bond donors (Lipinski definition) is 2. The van der Waals surface area contributed by atoms with Crippen molar-refractivity contribution in [2.24, 2.45) is 5.73 Å². The third-order valence-corrected chi connectivity index (χ3v) is 4.67. The molecule has 7 heteroatoms. The normalized spacial score (nSPS) is 14.6. The van der Waals surface area contributed by atoms with Crippen molar-refractivity contribution in [3.8, 4) is 0 Å². The van der Waals surface area contributed by atoms with Crippen LogP contribution >= 0.6 is 24.8 Å². The molecule has 1 aromatic heterocycles. The molecule has 0 radical (unpaired) electrons. The summed E-state index contributed by atoms with van der Waals surface area (Å²) in [6, 6.07) is 10.2. The van der Waals surface area contributed by atoms with Gasteiger partial charge < -0.3 is 15.5 Å². The van der Waals surface area contributed by atoms with Crippen LogP contribution in [0.4, 0.5) is 0 Å². The second-order valence-corrected chi connectivity index (χ2v) is 6.70. The van der Waals surface area contributed by atoms with Gasteiger partial charge in [-0.15, -0.1) is 24.8 Å². The van der Waals surface area contributed by atoms with Crippen LogP contribution in [0.5, 0.6) is 0 Å². The fourth-order valence-corrected chi connectivity index (χ4v) is 3.28. The fraction of sp³-hybridized carbons (Fsp3) is 0.450. The Morgan fingerprint density at radius 3 is 2.44 bits per heavy atom. The van der Waals surface area contributed by atoms with Gasteiger partial charge in [0.15, 0.2) is 0 Å². The zero-order chi connectivity index (χ0) is 17.5. The standard InChI is InChI=1S/C20H27N3O2.2ClH/c21-12-19-11-18(15-25-19)20(24)22-13-16-6-5-7-17(10-16)14-23-8-3-1-2-4-9-23;;/h5-7,10-11,15H,1-4,8-9,12-14,21H2,(H,22,24);2*1H. The van der Waals surface area contributed by atoms with Gasteiger partial charge in [0.05, 0.1) is 12.1 Å². The fourth-order valence-electron chi connectivity index (χ4n) is 3.28. The molecule has 1 aromatic carbocycles. The van der Waals surface area contributed by atoms with Crippen molar-refractivity contribution < 1.29 is 9.21 Å². The number of nitrogens with two attached hydrogens (primary N) is 1. The number of rotatable bonds is 6. The zero-order valence-electron chi connectivity index (χ0n) is 15.5. The minimum Gasteiger partial charge on any atom is -0.467 e. The van der Waals surface area contributed by atoms with Crippen molar-refractivity contribution in [3.05, 3.63) is 59.0 Å². The summed E-state index contributed by atoms with van der Waals surface area (Å²) in [5, 5.41) is 2.94. The highest BCUT2D eigenvalue weighted by Gasteiger charge is 2.11. The number of hydrogen-bond acceptors (Lipinski definition) is 4. The summed E-state index contributed by atoms with van der Waals surface area (Å²) in [4.78, 5) is 14.7. The van der Waals surface area contributed by atoms with E-state index in [0.29, 0.717) is 24.4 Å². The molecule has 2 aromatic rings. The van der Waals surface area contributed by atoms with Crippen molar-refractivity contribution in [1.29, 1.82) is 0 Å². The molecule has 150 valence electrons. The van der Waals surface area contributed by atoms with Crippen LogP contribution in [-0.4, -0.2) is 23.9 Å². The smallest absolute Gasteiger partial charge is 0.254 e. The number of carbonyl (C=O) groups is 1. The van der Waals surface area contributed by atoms with E-state index in [4.69, 9.17) is 10.2 Å². The predicted octanol–water partition coefficient (Wildman–Crippen LogP) is 3.89. The van der Waals surface area contributed by atoms with Gasteiger partial charge in [0.1, 0.15) is 12.0 Å². The Hall–Kier alpha value is -1.53. The summed E-state index contributed by atoms with van der Waals surface area (Å²) in [5.41, 5.74) is 8.44. The van der Waals surface area contributed by atoms with E-state index in [1.54, 1.807) is 6.07 Å². The van der Waals surface area contributed by atoms with Gasteiger partial charge in [0.25, 0.3) is 5.91 Å². The van der Waals surface area contributed by atoms with Gasteiger partial charge in [-0.1, -0.05) is 37.1 Å². The first-order chi connectivity index (χ1) is 12.2. The number of carbonyl (C=O) groups excluding carboxylic acids is 1. The van der Waals surface area contributed by atoms with Crippen LogP contribution in [0.1, 0.15) is 52.9 Å². The van der Waals surface area contributed by atoms with Gasteiger partial charge in [-0.3, -0.25) is 9.69 Å². The number of nitrogens with one attached hydrogen (secondary N) is 1. The highest BCUT2D eigenvalue weighted by atomic mass is 35.5. The van der Waals surface area contributed by atoms with Crippen molar-refractivity contribution in [1.82, 2.24) is 10.2 Å². The number of amides is 1. The number of nitrogens with zero attached hydrogens (tertiary/aromatic N) is 1. The molecule has 5 nitrogen and oxygen atoms in total. The van der Waals surface area contributed by atoms with Gasteiger partial charge in [0.2, 0.25) is 0 Å². The SMILES string of the molecule is Cl.Cl.NCc1cc(C(=O)NCc2cccc(CN3CCCCCC3)c2)co1. The molecule has 3 N–H and O–H groups in total. The second-order valence-electron chi connectivity index (χ2n) is 6.70. The van der Waals surface area contributed by atoms with Gasteiger partial charge in [-0.25, -0.2) is 0 Å². The molecule has 0 bridgehead atoms. The van der Waals surface area contributed by atoms with Crippen molar-refractivity contribution in [2.75, 3.05) is 13.1 Å². The molecule has 1 fully saturated rings. The average Bonchev–Trinajstić information content (AvgIpc) is 2.98. The average molecular weight is 414 g/mol. The second kappa shape index (κ2) is 12.0. The van der Waals surface area contributed by atoms with E-state index in [9.17, 15) is 4.79 Å². The molecule has 27 heavy (non-hydrogen) atoms. The lowest BCUT2D eigenvalue weighted by Gasteiger charge is -2.20. The quantitative estimate of drug-likeness (QED) is 0.753. The van der Waals surface area contributed by atoms with Gasteiger partial charge in [-0.2, -0.15) is 0 Å². The van der Waals surface area contributed by atoms with Crippen LogP contribution in [0.15, 0.2) is 41.0 Å². The molecule has 2 heterocycles. The lowest BCUT2D eigenvalue weighted by atomic mass is 10.1. The molecule has 0 unspecified atom stereocenters. The topological polar surface area (TPSA) is 71.5 Å². The summed E-state index contributed by atoms with van der Waals surface area (Å²) in [6.45, 7) is 4.17. The Balaban J connectivity index is 0.00000182. The molecule has 3 rings (SSSR count). The summed E-state index contributed by atoms with van der Waals surface area (Å²) in [6.07, 6.45) is 6.74. The van der Waals surface area contributed by atoms with Gasteiger partial charge >= 0.3 is 0 Å². The van der Waals surface area contributed by atoms with Gasteiger partial charge in [-0.05, 0) is 43.1 Å². The summed E-state index contributed by atoms with van der Waals surface area (Å²) in [5.74, 6) is 0.478. The first kappa shape index (κ1) is 23.5. The van der Waals surface area contributed by atoms with Crippen molar-refractivity contribution in [2.45, 2.75) is 45.3 Å². The third kappa shape index (κ3) is 7.18. The Morgan fingerprint density at radius 2 is 1.78 bits per heavy atom. The maximum Gasteiger partial charge on any atom is 0.254 e. The number of halogens is 2. The monoisotopic (exact) mass is 413 g/mol. The summed E-state index contributed by atoms with van der Waals surface area (Å²) in [7, 11) is 0. The van der Waals surface area contributed by atoms with E-state index in [2.05, 4.69) is 28.4 Å². The Bertz CT molecular complexity index is 698. The van der Waals surface area contributed by atoms with Crippen LogP contribution in [0.2, 0.25) is 0 Å². The Morgan fingerprint density at radius 1 is 1.07 bits per heavy atom. The van der Waals surface area contributed by atoms with Crippen molar-refractivity contribution in [3.63, 3.8) is 0 Å². The molecule has 1 saturated heterocycles. The van der Waals surface area contributed by atoms with Crippen LogP contribution in [0, 0.1) is 0 Å². The van der Waals surface area contributed by atoms with Crippen LogP contribution in [0.25, 0.3) is 0 Å². The molecule has 0 saturated carbocycles. The molecule has 0 atom stereocenters. The number of benzene rings is 1. The lowest BCUT2D eigenvalue weighted by Crippen LogP contribution is -2.24. The number of furan rings is 1. The molecular formula is C20H29Cl2N3O2. The third-order valence-electron chi connectivity index (χ3n) is 4.67. The molecule has 1 aliphatic heterocycles. The van der Waals surface area contributed by atoms with E-state index < -0.39 is 0 Å². The molecule has 1 aliphatic rings. The zero-order valence-corrected chi connectivity index (χ0v) is 17.1. The largest absolute Gasteiger partial charge is 0.467 e. The van der Waals surface area contributed by atoms with Gasteiger partial charge in [0, 0.05) is 13.1 Å². The van der Waals surface area contributed by atoms with Crippen LogP contribution in [0.3, 0.4) is 0 Å². The van der Waals surface area contributed by atoms with E-state index in [0.717, 1.165) is 12.1 Å². The molecule has 0 spiro atoms. The van der Waals surface area contributed by atoms with Crippen LogP contribution < -0.4 is 11.1 Å². The van der Waals surface area contributed by atoms with E-state index in [1.807, 2.05) is 6.07 Å². The van der Waals surface area contributed by atoms with E-state index >= 15 is 0 Å². The highest BCUT2D eigenvalue weighted by molar-refractivity contribution is 5.93. The van der Waals surface area contributed by atoms with E-state index in [-0.39, 0.29) is 30.7 Å². The number of likely N-dealkylation sites (tertiary alicyclic amines) is 1. The first-order valence-electron chi connectivity index (χ1n) is 9.10. The minimum absolute atomic E-state index is 0. The highest BCUT2D eigenvalue weighted by Crippen LogP contribution is 2.14.